The highest BCUT2D eigenvalue weighted by Crippen LogP contribution is 2.21. The quantitative estimate of drug-likeness (QED) is 0.578. The summed E-state index contributed by atoms with van der Waals surface area (Å²) in [5.41, 5.74) is 3.81. The number of carbonyl (C=O) groups excluding carboxylic acids is 1. The summed E-state index contributed by atoms with van der Waals surface area (Å²) in [5.74, 6) is 0.0475. The molecule has 19 heavy (non-hydrogen) atoms. The number of allylic oxidation sites excluding steroid dienone is 1. The third-order valence-corrected chi connectivity index (χ3v) is 3.43. The first kappa shape index (κ1) is 13.8. The van der Waals surface area contributed by atoms with Gasteiger partial charge < -0.3 is 0 Å². The molecule has 1 nitrogen and oxygen atoms in total. The van der Waals surface area contributed by atoms with E-state index in [0.29, 0.717) is 0 Å². The minimum Gasteiger partial charge on any atom is -0.289 e. The fraction of sp³-hybridized carbons (Fsp3) is 0.118. The van der Waals surface area contributed by atoms with Crippen LogP contribution < -0.4 is 0 Å². The van der Waals surface area contributed by atoms with Gasteiger partial charge in [0.05, 0.1) is 0 Å². The average Bonchev–Trinajstić information content (AvgIpc) is 2.36. The van der Waals surface area contributed by atoms with Gasteiger partial charge in [-0.2, -0.15) is 0 Å². The lowest BCUT2D eigenvalue weighted by Gasteiger charge is -2.07. The molecular formula is C17H15BrO. The second-order valence-corrected chi connectivity index (χ2v) is 5.44. The number of halogens is 1. The van der Waals surface area contributed by atoms with Crippen LogP contribution in [0.1, 0.15) is 27.0 Å². The monoisotopic (exact) mass is 314 g/mol. The third-order valence-electron chi connectivity index (χ3n) is 2.97. The smallest absolute Gasteiger partial charge is 0.186 e. The first-order valence-corrected chi connectivity index (χ1v) is 6.91. The molecule has 0 N–H and O–H groups in total. The van der Waals surface area contributed by atoms with Crippen molar-refractivity contribution in [1.29, 1.82) is 0 Å². The summed E-state index contributed by atoms with van der Waals surface area (Å²) < 4.78 is 1.01. The van der Waals surface area contributed by atoms with E-state index in [4.69, 9.17) is 0 Å². The molecular weight excluding hydrogens is 300 g/mol. The zero-order chi connectivity index (χ0) is 13.8. The van der Waals surface area contributed by atoms with Crippen LogP contribution in [-0.2, 0) is 0 Å². The van der Waals surface area contributed by atoms with Crippen molar-refractivity contribution < 1.29 is 4.79 Å². The molecule has 2 rings (SSSR count). The summed E-state index contributed by atoms with van der Waals surface area (Å²) in [6.07, 6.45) is 3.49. The van der Waals surface area contributed by atoms with E-state index in [-0.39, 0.29) is 5.78 Å². The highest BCUT2D eigenvalue weighted by molar-refractivity contribution is 9.10. The molecule has 96 valence electrons. The van der Waals surface area contributed by atoms with Crippen molar-refractivity contribution in [1.82, 2.24) is 0 Å². The first-order valence-electron chi connectivity index (χ1n) is 6.12. The first-order chi connectivity index (χ1) is 9.08. The Bertz CT molecular complexity index is 604. The minimum absolute atomic E-state index is 0.0475. The van der Waals surface area contributed by atoms with Gasteiger partial charge in [-0.15, -0.1) is 0 Å². The van der Waals surface area contributed by atoms with Gasteiger partial charge in [0.1, 0.15) is 0 Å². The van der Waals surface area contributed by atoms with Crippen LogP contribution >= 0.6 is 15.9 Å². The fourth-order valence-corrected chi connectivity index (χ4v) is 2.81. The largest absolute Gasteiger partial charge is 0.289 e. The Balaban J connectivity index is 2.29. The van der Waals surface area contributed by atoms with E-state index >= 15 is 0 Å². The zero-order valence-corrected chi connectivity index (χ0v) is 12.6. The molecule has 0 fully saturated rings. The van der Waals surface area contributed by atoms with E-state index in [9.17, 15) is 4.79 Å². The summed E-state index contributed by atoms with van der Waals surface area (Å²) >= 11 is 3.44. The van der Waals surface area contributed by atoms with Crippen LogP contribution in [0.5, 0.6) is 0 Å². The van der Waals surface area contributed by atoms with E-state index < -0.39 is 0 Å². The van der Waals surface area contributed by atoms with Crippen molar-refractivity contribution in [3.8, 4) is 0 Å². The zero-order valence-electron chi connectivity index (χ0n) is 11.0. The van der Waals surface area contributed by atoms with Crippen molar-refractivity contribution in [2.45, 2.75) is 13.8 Å². The van der Waals surface area contributed by atoms with Crippen LogP contribution in [0.3, 0.4) is 0 Å². The van der Waals surface area contributed by atoms with Gasteiger partial charge in [0, 0.05) is 10.0 Å². The Hall–Kier alpha value is -1.67. The van der Waals surface area contributed by atoms with Gasteiger partial charge >= 0.3 is 0 Å². The van der Waals surface area contributed by atoms with Crippen LogP contribution in [0.15, 0.2) is 53.0 Å². The van der Waals surface area contributed by atoms with E-state index in [2.05, 4.69) is 15.9 Å². The SMILES string of the molecule is Cc1cc(Br)cc(C)c1C(=O)C=Cc1ccccc1. The van der Waals surface area contributed by atoms with E-state index in [0.717, 1.165) is 26.7 Å². The summed E-state index contributed by atoms with van der Waals surface area (Å²) in [7, 11) is 0. The molecule has 0 heterocycles. The molecule has 0 saturated carbocycles. The van der Waals surface area contributed by atoms with Crippen LogP contribution in [0, 0.1) is 13.8 Å². The third kappa shape index (κ3) is 3.42. The standard InChI is InChI=1S/C17H15BrO/c1-12-10-15(18)11-13(2)17(12)16(19)9-8-14-6-4-3-5-7-14/h3-11H,1-2H3. The average molecular weight is 315 g/mol. The molecule has 2 aromatic carbocycles. The van der Waals surface area contributed by atoms with Crippen molar-refractivity contribution in [2.75, 3.05) is 0 Å². The van der Waals surface area contributed by atoms with Crippen molar-refractivity contribution >= 4 is 27.8 Å². The van der Waals surface area contributed by atoms with Gasteiger partial charge in [-0.25, -0.2) is 0 Å². The van der Waals surface area contributed by atoms with Crippen molar-refractivity contribution in [3.05, 3.63) is 75.3 Å². The second-order valence-electron chi connectivity index (χ2n) is 4.52. The molecule has 0 amide bonds. The lowest BCUT2D eigenvalue weighted by Crippen LogP contribution is -2.01. The molecule has 0 aromatic heterocycles. The highest BCUT2D eigenvalue weighted by Gasteiger charge is 2.10. The maximum Gasteiger partial charge on any atom is 0.186 e. The molecule has 0 radical (unpaired) electrons. The Morgan fingerprint density at radius 3 is 2.21 bits per heavy atom. The number of ketones is 1. The van der Waals surface area contributed by atoms with Crippen LogP contribution in [0.4, 0.5) is 0 Å². The molecule has 0 aliphatic rings. The topological polar surface area (TPSA) is 17.1 Å². The van der Waals surface area contributed by atoms with Gasteiger partial charge in [-0.1, -0.05) is 52.3 Å². The van der Waals surface area contributed by atoms with E-state index in [1.54, 1.807) is 6.08 Å². The number of aryl methyl sites for hydroxylation is 2. The van der Waals surface area contributed by atoms with Gasteiger partial charge in [0.15, 0.2) is 5.78 Å². The molecule has 0 aliphatic carbocycles. The van der Waals surface area contributed by atoms with Gasteiger partial charge in [0.25, 0.3) is 0 Å². The summed E-state index contributed by atoms with van der Waals surface area (Å²) in [5, 5.41) is 0. The highest BCUT2D eigenvalue weighted by atomic mass is 79.9. The molecule has 0 aliphatic heterocycles. The molecule has 0 unspecified atom stereocenters. The van der Waals surface area contributed by atoms with Gasteiger partial charge in [0.2, 0.25) is 0 Å². The Morgan fingerprint density at radius 2 is 1.63 bits per heavy atom. The predicted octanol–water partition coefficient (Wildman–Crippen LogP) is 4.96. The van der Waals surface area contributed by atoms with Gasteiger partial charge in [-0.3, -0.25) is 4.79 Å². The molecule has 2 aromatic rings. The molecule has 0 bridgehead atoms. The van der Waals surface area contributed by atoms with Crippen molar-refractivity contribution in [3.63, 3.8) is 0 Å². The van der Waals surface area contributed by atoms with Crippen LogP contribution in [0.25, 0.3) is 6.08 Å². The fourth-order valence-electron chi connectivity index (χ4n) is 2.12. The Kier molecular flexibility index (Phi) is 4.33. The summed E-state index contributed by atoms with van der Waals surface area (Å²) in [6.45, 7) is 3.92. The summed E-state index contributed by atoms with van der Waals surface area (Å²) in [4.78, 5) is 12.3. The molecule has 0 atom stereocenters. The second kappa shape index (κ2) is 5.98. The number of hydrogen-bond acceptors (Lipinski definition) is 1. The minimum atomic E-state index is 0.0475. The molecule has 0 saturated heterocycles. The van der Waals surface area contributed by atoms with Gasteiger partial charge in [-0.05, 0) is 48.7 Å². The maximum absolute atomic E-state index is 12.3. The lowest BCUT2D eigenvalue weighted by molar-refractivity contribution is 0.104. The van der Waals surface area contributed by atoms with Crippen LogP contribution in [0.2, 0.25) is 0 Å². The number of rotatable bonds is 3. The normalized spacial score (nSPS) is 10.9. The number of hydrogen-bond donors (Lipinski definition) is 0. The summed E-state index contributed by atoms with van der Waals surface area (Å²) in [6, 6.07) is 13.8. The molecule has 2 heteroatoms. The van der Waals surface area contributed by atoms with E-state index in [1.165, 1.54) is 0 Å². The number of benzene rings is 2. The Morgan fingerprint density at radius 1 is 1.05 bits per heavy atom. The maximum atomic E-state index is 12.3. The van der Waals surface area contributed by atoms with Crippen molar-refractivity contribution in [2.24, 2.45) is 0 Å². The Labute approximate surface area is 122 Å². The van der Waals surface area contributed by atoms with Crippen LogP contribution in [-0.4, -0.2) is 5.78 Å². The number of carbonyl (C=O) groups is 1. The predicted molar refractivity (Wildman–Crippen MR) is 83.4 cm³/mol. The van der Waals surface area contributed by atoms with E-state index in [1.807, 2.05) is 62.4 Å². The lowest BCUT2D eigenvalue weighted by atomic mass is 9.98. The molecule has 0 spiro atoms.